The van der Waals surface area contributed by atoms with Crippen LogP contribution in [0.5, 0.6) is 0 Å². The molecule has 0 aliphatic rings. The third kappa shape index (κ3) is 17.3. The summed E-state index contributed by atoms with van der Waals surface area (Å²) in [5, 5.41) is 9.53. The Bertz CT molecular complexity index is 313. The van der Waals surface area contributed by atoms with Crippen LogP contribution in [0.3, 0.4) is 0 Å². The molecular formula is C25H50O2. The Balaban J connectivity index is 3.60. The van der Waals surface area contributed by atoms with Crippen molar-refractivity contribution in [2.45, 2.75) is 143 Å². The Labute approximate surface area is 170 Å². The van der Waals surface area contributed by atoms with Crippen LogP contribution in [-0.4, -0.2) is 11.1 Å². The SMILES string of the molecule is CCCCCCCCCCCCCCCC(CC(CC)CCCC)C(=O)O. The van der Waals surface area contributed by atoms with Crippen LogP contribution in [-0.2, 0) is 4.79 Å². The summed E-state index contributed by atoms with van der Waals surface area (Å²) in [7, 11) is 0. The summed E-state index contributed by atoms with van der Waals surface area (Å²) in [6.07, 6.45) is 24.1. The Morgan fingerprint density at radius 3 is 1.48 bits per heavy atom. The molecule has 0 aromatic rings. The van der Waals surface area contributed by atoms with Gasteiger partial charge in [0, 0.05) is 0 Å². The van der Waals surface area contributed by atoms with E-state index in [1.165, 1.54) is 96.3 Å². The van der Waals surface area contributed by atoms with Crippen molar-refractivity contribution in [3.63, 3.8) is 0 Å². The lowest BCUT2D eigenvalue weighted by atomic mass is 9.86. The first-order valence-corrected chi connectivity index (χ1v) is 12.4. The van der Waals surface area contributed by atoms with Gasteiger partial charge in [0.1, 0.15) is 0 Å². The predicted molar refractivity (Wildman–Crippen MR) is 119 cm³/mol. The van der Waals surface area contributed by atoms with Crippen molar-refractivity contribution in [3.8, 4) is 0 Å². The zero-order valence-corrected chi connectivity index (χ0v) is 18.9. The summed E-state index contributed by atoms with van der Waals surface area (Å²) in [6.45, 7) is 6.71. The predicted octanol–water partition coefficient (Wildman–Crippen LogP) is 8.78. The van der Waals surface area contributed by atoms with E-state index >= 15 is 0 Å². The first-order valence-electron chi connectivity index (χ1n) is 12.4. The van der Waals surface area contributed by atoms with Crippen LogP contribution in [0.2, 0.25) is 0 Å². The van der Waals surface area contributed by atoms with Crippen molar-refractivity contribution in [2.75, 3.05) is 0 Å². The van der Waals surface area contributed by atoms with Gasteiger partial charge in [-0.3, -0.25) is 4.79 Å². The van der Waals surface area contributed by atoms with Crippen LogP contribution in [0.15, 0.2) is 0 Å². The van der Waals surface area contributed by atoms with Crippen LogP contribution in [0.4, 0.5) is 0 Å². The molecule has 0 spiro atoms. The first-order chi connectivity index (χ1) is 13.2. The van der Waals surface area contributed by atoms with Gasteiger partial charge in [-0.2, -0.15) is 0 Å². The molecule has 0 fully saturated rings. The van der Waals surface area contributed by atoms with Gasteiger partial charge >= 0.3 is 5.97 Å². The molecule has 2 heteroatoms. The Kier molecular flexibility index (Phi) is 19.8. The highest BCUT2D eigenvalue weighted by Crippen LogP contribution is 2.25. The fraction of sp³-hybridized carbons (Fsp3) is 0.960. The van der Waals surface area contributed by atoms with Crippen molar-refractivity contribution in [3.05, 3.63) is 0 Å². The van der Waals surface area contributed by atoms with E-state index in [1.807, 2.05) is 0 Å². The van der Waals surface area contributed by atoms with Crippen molar-refractivity contribution in [1.82, 2.24) is 0 Å². The first kappa shape index (κ1) is 26.5. The minimum atomic E-state index is -0.566. The minimum absolute atomic E-state index is 0.112. The van der Waals surface area contributed by atoms with Gasteiger partial charge in [0.15, 0.2) is 0 Å². The molecule has 0 radical (unpaired) electrons. The van der Waals surface area contributed by atoms with Crippen LogP contribution >= 0.6 is 0 Å². The van der Waals surface area contributed by atoms with Gasteiger partial charge in [0.05, 0.1) is 5.92 Å². The zero-order valence-electron chi connectivity index (χ0n) is 18.9. The number of unbranched alkanes of at least 4 members (excludes halogenated alkanes) is 13. The summed E-state index contributed by atoms with van der Waals surface area (Å²) in [6, 6.07) is 0. The van der Waals surface area contributed by atoms with E-state index in [9.17, 15) is 9.90 Å². The molecule has 0 heterocycles. The fourth-order valence-corrected chi connectivity index (χ4v) is 4.13. The summed E-state index contributed by atoms with van der Waals surface area (Å²) in [4.78, 5) is 11.6. The lowest BCUT2D eigenvalue weighted by Gasteiger charge is -2.19. The number of carboxylic acids is 1. The quantitative estimate of drug-likeness (QED) is 0.201. The van der Waals surface area contributed by atoms with Crippen LogP contribution < -0.4 is 0 Å². The highest BCUT2D eigenvalue weighted by molar-refractivity contribution is 5.69. The average Bonchev–Trinajstić information content (AvgIpc) is 2.66. The van der Waals surface area contributed by atoms with Crippen molar-refractivity contribution in [1.29, 1.82) is 0 Å². The molecular weight excluding hydrogens is 332 g/mol. The van der Waals surface area contributed by atoms with E-state index in [4.69, 9.17) is 0 Å². The lowest BCUT2D eigenvalue weighted by Crippen LogP contribution is -2.18. The summed E-state index contributed by atoms with van der Waals surface area (Å²) >= 11 is 0. The number of carbonyl (C=O) groups is 1. The van der Waals surface area contributed by atoms with Gasteiger partial charge in [-0.15, -0.1) is 0 Å². The Hall–Kier alpha value is -0.530. The van der Waals surface area contributed by atoms with Crippen LogP contribution in [0, 0.1) is 11.8 Å². The monoisotopic (exact) mass is 382 g/mol. The average molecular weight is 383 g/mol. The third-order valence-corrected chi connectivity index (χ3v) is 6.17. The maximum atomic E-state index is 11.6. The number of carboxylic acid groups (broad SMARTS) is 1. The molecule has 2 nitrogen and oxygen atoms in total. The maximum absolute atomic E-state index is 11.6. The lowest BCUT2D eigenvalue weighted by molar-refractivity contribution is -0.142. The zero-order chi connectivity index (χ0) is 20.2. The van der Waals surface area contributed by atoms with E-state index < -0.39 is 5.97 Å². The van der Waals surface area contributed by atoms with Gasteiger partial charge in [-0.05, 0) is 18.8 Å². The van der Waals surface area contributed by atoms with Gasteiger partial charge in [-0.25, -0.2) is 0 Å². The van der Waals surface area contributed by atoms with Gasteiger partial charge < -0.3 is 5.11 Å². The van der Waals surface area contributed by atoms with E-state index in [0.29, 0.717) is 5.92 Å². The third-order valence-electron chi connectivity index (χ3n) is 6.17. The molecule has 0 saturated carbocycles. The molecule has 0 bridgehead atoms. The van der Waals surface area contributed by atoms with Crippen molar-refractivity contribution < 1.29 is 9.90 Å². The molecule has 0 aromatic heterocycles. The fourth-order valence-electron chi connectivity index (χ4n) is 4.13. The summed E-state index contributed by atoms with van der Waals surface area (Å²) < 4.78 is 0. The highest BCUT2D eigenvalue weighted by atomic mass is 16.4. The second kappa shape index (κ2) is 20.2. The van der Waals surface area contributed by atoms with E-state index in [0.717, 1.165) is 25.7 Å². The second-order valence-electron chi connectivity index (χ2n) is 8.72. The van der Waals surface area contributed by atoms with Gasteiger partial charge in [-0.1, -0.05) is 130 Å². The van der Waals surface area contributed by atoms with Crippen molar-refractivity contribution >= 4 is 5.97 Å². The maximum Gasteiger partial charge on any atom is 0.306 e. The number of hydrogen-bond donors (Lipinski definition) is 1. The molecule has 0 saturated heterocycles. The van der Waals surface area contributed by atoms with Gasteiger partial charge in [0.2, 0.25) is 0 Å². The molecule has 2 atom stereocenters. The molecule has 0 rings (SSSR count). The Morgan fingerprint density at radius 2 is 1.07 bits per heavy atom. The number of hydrogen-bond acceptors (Lipinski definition) is 1. The molecule has 0 aromatic carbocycles. The summed E-state index contributed by atoms with van der Waals surface area (Å²) in [5.41, 5.74) is 0. The topological polar surface area (TPSA) is 37.3 Å². The minimum Gasteiger partial charge on any atom is -0.481 e. The molecule has 0 aliphatic heterocycles. The Morgan fingerprint density at radius 1 is 0.630 bits per heavy atom. The molecule has 0 aliphatic carbocycles. The van der Waals surface area contributed by atoms with Crippen LogP contribution in [0.25, 0.3) is 0 Å². The number of aliphatic carboxylic acids is 1. The standard InChI is InChI=1S/C25H50O2/c1-4-7-9-10-11-12-13-14-15-16-17-18-19-21-24(25(26)27)22-23(6-3)20-8-5-2/h23-24H,4-22H2,1-3H3,(H,26,27). The summed E-state index contributed by atoms with van der Waals surface area (Å²) in [5.74, 6) is -0.0728. The largest absolute Gasteiger partial charge is 0.481 e. The van der Waals surface area contributed by atoms with E-state index in [1.54, 1.807) is 0 Å². The molecule has 1 N–H and O–H groups in total. The molecule has 162 valence electrons. The second-order valence-corrected chi connectivity index (χ2v) is 8.72. The number of rotatable bonds is 21. The van der Waals surface area contributed by atoms with Crippen molar-refractivity contribution in [2.24, 2.45) is 11.8 Å². The highest BCUT2D eigenvalue weighted by Gasteiger charge is 2.21. The van der Waals surface area contributed by atoms with E-state index in [2.05, 4.69) is 20.8 Å². The van der Waals surface area contributed by atoms with E-state index in [-0.39, 0.29) is 5.92 Å². The molecule has 27 heavy (non-hydrogen) atoms. The van der Waals surface area contributed by atoms with Gasteiger partial charge in [0.25, 0.3) is 0 Å². The molecule has 0 amide bonds. The van der Waals surface area contributed by atoms with Crippen LogP contribution in [0.1, 0.15) is 143 Å². The molecule has 2 unspecified atom stereocenters. The normalized spacial score (nSPS) is 13.6. The smallest absolute Gasteiger partial charge is 0.306 e.